The minimum absolute atomic E-state index is 0.158. The van der Waals surface area contributed by atoms with E-state index in [0.29, 0.717) is 30.3 Å². The van der Waals surface area contributed by atoms with Gasteiger partial charge in [0.05, 0.1) is 12.4 Å². The van der Waals surface area contributed by atoms with Gasteiger partial charge in [0.15, 0.2) is 0 Å². The number of aliphatic hydroxyl groups excluding tert-OH is 1. The smallest absolute Gasteiger partial charge is 0.251 e. The standard InChI is InChI=1S/C19H19N5O4/c25-15-8-4-5-9-24(19(15)26)12-17-22-18(23-28-17)14-10-21-16(11-20-14)27-13-6-2-1-3-7-13/h1-3,6-7,10-11,15,25H,4-5,8-9,12H2. The maximum atomic E-state index is 12.2. The number of likely N-dealkylation sites (tertiary alicyclic amines) is 1. The van der Waals surface area contributed by atoms with E-state index < -0.39 is 6.10 Å². The number of carbonyl (C=O) groups is 1. The molecule has 0 spiro atoms. The lowest BCUT2D eigenvalue weighted by Crippen LogP contribution is -2.37. The Morgan fingerprint density at radius 3 is 2.82 bits per heavy atom. The van der Waals surface area contributed by atoms with Crippen LogP contribution >= 0.6 is 0 Å². The summed E-state index contributed by atoms with van der Waals surface area (Å²) in [5, 5.41) is 13.7. The van der Waals surface area contributed by atoms with Crippen molar-refractivity contribution in [1.82, 2.24) is 25.0 Å². The number of para-hydroxylation sites is 1. The van der Waals surface area contributed by atoms with Gasteiger partial charge in [-0.3, -0.25) is 4.79 Å². The van der Waals surface area contributed by atoms with Gasteiger partial charge in [0.1, 0.15) is 24.1 Å². The zero-order valence-electron chi connectivity index (χ0n) is 15.1. The van der Waals surface area contributed by atoms with Crippen molar-refractivity contribution in [2.24, 2.45) is 0 Å². The monoisotopic (exact) mass is 381 g/mol. The van der Waals surface area contributed by atoms with Crippen molar-refractivity contribution in [3.05, 3.63) is 48.6 Å². The molecule has 1 aliphatic rings. The number of carbonyl (C=O) groups excluding carboxylic acids is 1. The van der Waals surface area contributed by atoms with Gasteiger partial charge in [-0.05, 0) is 31.4 Å². The van der Waals surface area contributed by atoms with Crippen molar-refractivity contribution in [2.75, 3.05) is 6.54 Å². The first kappa shape index (κ1) is 18.1. The second kappa shape index (κ2) is 8.13. The first-order valence-electron chi connectivity index (χ1n) is 9.04. The second-order valence-electron chi connectivity index (χ2n) is 6.44. The summed E-state index contributed by atoms with van der Waals surface area (Å²) in [6.45, 7) is 0.713. The first-order chi connectivity index (χ1) is 13.7. The Labute approximate surface area is 161 Å². The molecule has 9 nitrogen and oxygen atoms in total. The van der Waals surface area contributed by atoms with Crippen LogP contribution in [0.5, 0.6) is 11.6 Å². The average molecular weight is 381 g/mol. The molecule has 1 aliphatic heterocycles. The molecule has 0 aliphatic carbocycles. The fraction of sp³-hybridized carbons (Fsp3) is 0.316. The number of benzene rings is 1. The Bertz CT molecular complexity index is 929. The zero-order chi connectivity index (χ0) is 19.3. The van der Waals surface area contributed by atoms with E-state index in [1.807, 2.05) is 30.3 Å². The van der Waals surface area contributed by atoms with E-state index in [1.54, 1.807) is 0 Å². The predicted octanol–water partition coefficient (Wildman–Crippen LogP) is 2.19. The van der Waals surface area contributed by atoms with Crippen LogP contribution in [-0.4, -0.2) is 48.7 Å². The van der Waals surface area contributed by atoms with Crippen molar-refractivity contribution >= 4 is 5.91 Å². The molecule has 28 heavy (non-hydrogen) atoms. The van der Waals surface area contributed by atoms with Crippen LogP contribution in [-0.2, 0) is 11.3 Å². The highest BCUT2D eigenvalue weighted by molar-refractivity contribution is 5.80. The number of hydrogen-bond donors (Lipinski definition) is 1. The lowest BCUT2D eigenvalue weighted by Gasteiger charge is -2.19. The van der Waals surface area contributed by atoms with E-state index in [0.717, 1.165) is 12.8 Å². The summed E-state index contributed by atoms with van der Waals surface area (Å²) in [5.41, 5.74) is 0.428. The van der Waals surface area contributed by atoms with Crippen LogP contribution in [0.2, 0.25) is 0 Å². The summed E-state index contributed by atoms with van der Waals surface area (Å²) in [6, 6.07) is 9.28. The van der Waals surface area contributed by atoms with Gasteiger partial charge in [0.2, 0.25) is 17.6 Å². The van der Waals surface area contributed by atoms with Crippen LogP contribution in [0, 0.1) is 0 Å². The highest BCUT2D eigenvalue weighted by Crippen LogP contribution is 2.20. The van der Waals surface area contributed by atoms with E-state index >= 15 is 0 Å². The van der Waals surface area contributed by atoms with E-state index in [9.17, 15) is 9.90 Å². The van der Waals surface area contributed by atoms with Crippen LogP contribution in [0.3, 0.4) is 0 Å². The van der Waals surface area contributed by atoms with Crippen molar-refractivity contribution in [3.8, 4) is 23.1 Å². The largest absolute Gasteiger partial charge is 0.438 e. The Hall–Kier alpha value is -3.33. The molecule has 2 aromatic heterocycles. The summed E-state index contributed by atoms with van der Waals surface area (Å²) in [5.74, 6) is 1.26. The molecule has 3 aromatic rings. The van der Waals surface area contributed by atoms with Crippen LogP contribution in [0.25, 0.3) is 11.5 Å². The Balaban J connectivity index is 1.43. The van der Waals surface area contributed by atoms with Crippen molar-refractivity contribution < 1.29 is 19.2 Å². The van der Waals surface area contributed by atoms with Crippen LogP contribution in [0.4, 0.5) is 0 Å². The van der Waals surface area contributed by atoms with Crippen molar-refractivity contribution in [3.63, 3.8) is 0 Å². The molecule has 0 saturated carbocycles. The lowest BCUT2D eigenvalue weighted by atomic mass is 10.2. The number of aromatic nitrogens is 4. The SMILES string of the molecule is O=C1C(O)CCCCN1Cc1nc(-c2cnc(Oc3ccccc3)cn2)no1. The van der Waals surface area contributed by atoms with Gasteiger partial charge in [-0.1, -0.05) is 23.4 Å². The Kier molecular flexibility index (Phi) is 5.24. The summed E-state index contributed by atoms with van der Waals surface area (Å²) < 4.78 is 10.8. The molecule has 1 unspecified atom stereocenters. The van der Waals surface area contributed by atoms with Gasteiger partial charge in [-0.25, -0.2) is 9.97 Å². The third kappa shape index (κ3) is 4.15. The molecule has 1 N–H and O–H groups in total. The number of ether oxygens (including phenoxy) is 1. The summed E-state index contributed by atoms with van der Waals surface area (Å²) >= 11 is 0. The quantitative estimate of drug-likeness (QED) is 0.715. The van der Waals surface area contributed by atoms with Gasteiger partial charge in [0, 0.05) is 6.54 Å². The Morgan fingerprint density at radius 1 is 1.18 bits per heavy atom. The predicted molar refractivity (Wildman–Crippen MR) is 97.1 cm³/mol. The summed E-state index contributed by atoms with van der Waals surface area (Å²) in [6.07, 6.45) is 4.13. The highest BCUT2D eigenvalue weighted by atomic mass is 16.5. The zero-order valence-corrected chi connectivity index (χ0v) is 15.1. The van der Waals surface area contributed by atoms with Crippen LogP contribution in [0.1, 0.15) is 25.2 Å². The van der Waals surface area contributed by atoms with Crippen LogP contribution in [0.15, 0.2) is 47.2 Å². The lowest BCUT2D eigenvalue weighted by molar-refractivity contribution is -0.140. The molecular weight excluding hydrogens is 362 g/mol. The normalized spacial score (nSPS) is 17.4. The van der Waals surface area contributed by atoms with Gasteiger partial charge in [-0.15, -0.1) is 0 Å². The van der Waals surface area contributed by atoms with Gasteiger partial charge < -0.3 is 19.3 Å². The molecule has 4 rings (SSSR count). The molecule has 1 saturated heterocycles. The molecule has 144 valence electrons. The average Bonchev–Trinajstić information content (AvgIpc) is 3.13. The first-order valence-corrected chi connectivity index (χ1v) is 9.04. The van der Waals surface area contributed by atoms with E-state index in [1.165, 1.54) is 17.3 Å². The third-order valence-corrected chi connectivity index (χ3v) is 4.37. The maximum Gasteiger partial charge on any atom is 0.251 e. The molecule has 1 atom stereocenters. The molecular formula is C19H19N5O4. The van der Waals surface area contributed by atoms with E-state index in [4.69, 9.17) is 9.26 Å². The van der Waals surface area contributed by atoms with Gasteiger partial charge >= 0.3 is 0 Å². The second-order valence-corrected chi connectivity index (χ2v) is 6.44. The molecule has 9 heteroatoms. The fourth-order valence-corrected chi connectivity index (χ4v) is 2.92. The number of aliphatic hydroxyl groups is 1. The van der Waals surface area contributed by atoms with Crippen LogP contribution < -0.4 is 4.74 Å². The van der Waals surface area contributed by atoms with Gasteiger partial charge in [0.25, 0.3) is 5.91 Å². The van der Waals surface area contributed by atoms with Crippen molar-refractivity contribution in [1.29, 1.82) is 0 Å². The topological polar surface area (TPSA) is 114 Å². The minimum Gasteiger partial charge on any atom is -0.438 e. The molecule has 0 bridgehead atoms. The molecule has 3 heterocycles. The number of rotatable bonds is 5. The number of amides is 1. The third-order valence-electron chi connectivity index (χ3n) is 4.37. The summed E-state index contributed by atoms with van der Waals surface area (Å²) in [4.78, 5) is 26.4. The number of hydrogen-bond acceptors (Lipinski definition) is 8. The molecule has 1 aromatic carbocycles. The van der Waals surface area contributed by atoms with Crippen molar-refractivity contribution in [2.45, 2.75) is 31.9 Å². The molecule has 0 radical (unpaired) electrons. The van der Waals surface area contributed by atoms with E-state index in [2.05, 4.69) is 20.1 Å². The van der Waals surface area contributed by atoms with E-state index in [-0.39, 0.29) is 24.2 Å². The van der Waals surface area contributed by atoms with Gasteiger partial charge in [-0.2, -0.15) is 4.98 Å². The molecule has 1 fully saturated rings. The maximum absolute atomic E-state index is 12.2. The fourth-order valence-electron chi connectivity index (χ4n) is 2.92. The molecule has 1 amide bonds. The number of nitrogens with zero attached hydrogens (tertiary/aromatic N) is 5. The Morgan fingerprint density at radius 2 is 2.04 bits per heavy atom. The highest BCUT2D eigenvalue weighted by Gasteiger charge is 2.26. The minimum atomic E-state index is -0.965. The summed E-state index contributed by atoms with van der Waals surface area (Å²) in [7, 11) is 0.